The predicted molar refractivity (Wildman–Crippen MR) is 213 cm³/mol. The van der Waals surface area contributed by atoms with Crippen LogP contribution in [0.15, 0.2) is 60.2 Å². The monoisotopic (exact) mass is 781 g/mol. The van der Waals surface area contributed by atoms with E-state index in [1.165, 1.54) is 0 Å². The molecule has 1 aromatic carbocycles. The fraction of sp³-hybridized carbons (Fsp3) is 0.667. The van der Waals surface area contributed by atoms with Crippen LogP contribution in [0, 0.1) is 11.3 Å². The van der Waals surface area contributed by atoms with Crippen LogP contribution in [0.1, 0.15) is 99.5 Å². The minimum atomic E-state index is -1.36. The lowest BCUT2D eigenvalue weighted by atomic mass is 9.79. The second kappa shape index (κ2) is 23.5. The fourth-order valence-corrected chi connectivity index (χ4v) is 6.99. The van der Waals surface area contributed by atoms with Crippen molar-refractivity contribution in [2.45, 2.75) is 142 Å². The van der Waals surface area contributed by atoms with Gasteiger partial charge in [0.25, 0.3) is 5.97 Å². The zero-order valence-corrected chi connectivity index (χ0v) is 34.9. The number of hydrogen-bond acceptors (Lipinski definition) is 10. The summed E-state index contributed by atoms with van der Waals surface area (Å²) in [6.45, 7) is 15.7. The van der Waals surface area contributed by atoms with E-state index in [0.29, 0.717) is 37.4 Å². The highest BCUT2D eigenvalue weighted by Gasteiger charge is 2.58. The molecule has 0 saturated carbocycles. The van der Waals surface area contributed by atoms with Gasteiger partial charge in [-0.3, -0.25) is 14.5 Å². The van der Waals surface area contributed by atoms with Gasteiger partial charge in [-0.05, 0) is 75.1 Å². The van der Waals surface area contributed by atoms with E-state index in [2.05, 4.69) is 30.4 Å². The molecule has 1 aromatic rings. The molecule has 0 amide bonds. The molecule has 1 saturated heterocycles. The van der Waals surface area contributed by atoms with Gasteiger partial charge < -0.3 is 39.7 Å². The van der Waals surface area contributed by atoms with E-state index in [0.717, 1.165) is 30.9 Å². The van der Waals surface area contributed by atoms with Crippen LogP contribution in [0.3, 0.4) is 0 Å². The van der Waals surface area contributed by atoms with Gasteiger partial charge in [-0.1, -0.05) is 88.2 Å². The molecule has 3 rings (SSSR count). The summed E-state index contributed by atoms with van der Waals surface area (Å²) >= 11 is 6.14. The Kier molecular flexibility index (Phi) is 21.5. The van der Waals surface area contributed by atoms with Crippen molar-refractivity contribution >= 4 is 23.5 Å². The van der Waals surface area contributed by atoms with Gasteiger partial charge in [0.05, 0.1) is 42.5 Å². The molecule has 12 heteroatoms. The number of nitrogens with zero attached hydrogens (tertiary/aromatic N) is 1. The van der Waals surface area contributed by atoms with Crippen LogP contribution in [0.5, 0.6) is 0 Å². The Morgan fingerprint density at radius 1 is 1.19 bits per heavy atom. The smallest absolute Gasteiger partial charge is 0.309 e. The van der Waals surface area contributed by atoms with Crippen LogP contribution >= 0.6 is 11.6 Å². The Bertz CT molecular complexity index is 1350. The first kappa shape index (κ1) is 49.4. The van der Waals surface area contributed by atoms with E-state index in [-0.39, 0.29) is 36.6 Å². The maximum absolute atomic E-state index is 12.8. The number of halogens is 1. The van der Waals surface area contributed by atoms with Crippen molar-refractivity contribution in [1.29, 1.82) is 0 Å². The van der Waals surface area contributed by atoms with E-state index in [4.69, 9.17) is 31.0 Å². The molecule has 0 bridgehead atoms. The lowest BCUT2D eigenvalue weighted by Crippen LogP contribution is -2.55. The maximum Gasteiger partial charge on any atom is 0.309 e. The number of esters is 1. The van der Waals surface area contributed by atoms with Gasteiger partial charge in [-0.2, -0.15) is 0 Å². The number of carboxylic acid groups (broad SMARTS) is 1. The number of carbonyl (C=O) groups is 2. The number of methoxy groups -OCH3 is 1. The molecular weight excluding hydrogens is 714 g/mol. The predicted octanol–water partition coefficient (Wildman–Crippen LogP) is 6.49. The number of aliphatic carboxylic acids is 1. The standard InChI is InChI=1S/C38H58ClNO7.C2H4O2.C2H6O/c1-8-18-36(4,5)35-33(47-35)34(40(22-23-41)25-28-13-15-29(39)16-14-28)38(7,45)20-10-12-27(3)32-26(2)11-9-19-37(6,44)21-17-30(42)24-31(43)46-32;1-2(3)4;1-3-2/h9-16,20,26,30,32-35,41-42,44-45H,8,17-19,21-25H2,1-7H3;1H3,(H,3,4);1-2H3/b11-9+,20-10+,27-12+;;/t26?,30?,32-,33?,34?,35?,37?,38?;;/m0../s1. The molecule has 7 unspecified atom stereocenters. The van der Waals surface area contributed by atoms with Gasteiger partial charge in [0.2, 0.25) is 0 Å². The number of carbonyl (C=O) groups excluding carboxylic acids is 1. The van der Waals surface area contributed by atoms with Crippen LogP contribution in [0.2, 0.25) is 5.02 Å². The summed E-state index contributed by atoms with van der Waals surface area (Å²) in [5.74, 6) is -1.52. The van der Waals surface area contributed by atoms with Crippen LogP contribution in [-0.2, 0) is 30.3 Å². The van der Waals surface area contributed by atoms with Crippen molar-refractivity contribution in [3.05, 3.63) is 70.8 Å². The fourth-order valence-electron chi connectivity index (χ4n) is 6.86. The average molecular weight is 782 g/mol. The quantitative estimate of drug-likeness (QED) is 0.0642. The molecule has 5 N–H and O–H groups in total. The highest BCUT2D eigenvalue weighted by molar-refractivity contribution is 6.30. The first-order chi connectivity index (χ1) is 25.1. The van der Waals surface area contributed by atoms with Crippen molar-refractivity contribution in [1.82, 2.24) is 4.90 Å². The third-order valence-electron chi connectivity index (χ3n) is 9.57. The number of allylic oxidation sites excluding steroid dienone is 2. The highest BCUT2D eigenvalue weighted by Crippen LogP contribution is 2.46. The molecule has 308 valence electrons. The van der Waals surface area contributed by atoms with Gasteiger partial charge in [-0.15, -0.1) is 0 Å². The average Bonchev–Trinajstić information content (AvgIpc) is 3.84. The first-order valence-corrected chi connectivity index (χ1v) is 19.2. The van der Waals surface area contributed by atoms with Crippen LogP contribution in [0.25, 0.3) is 0 Å². The molecule has 0 radical (unpaired) electrons. The highest BCUT2D eigenvalue weighted by atomic mass is 35.5. The molecule has 2 aliphatic heterocycles. The van der Waals surface area contributed by atoms with E-state index in [1.54, 1.807) is 40.2 Å². The van der Waals surface area contributed by atoms with Crippen LogP contribution < -0.4 is 0 Å². The lowest BCUT2D eigenvalue weighted by Gasteiger charge is -2.39. The first-order valence-electron chi connectivity index (χ1n) is 18.8. The third kappa shape index (κ3) is 17.9. The van der Waals surface area contributed by atoms with E-state index in [9.17, 15) is 25.2 Å². The van der Waals surface area contributed by atoms with Gasteiger partial charge in [0.15, 0.2) is 0 Å². The number of cyclic esters (lactones) is 1. The van der Waals surface area contributed by atoms with E-state index >= 15 is 0 Å². The number of rotatable bonds is 13. The molecule has 2 aliphatic rings. The largest absolute Gasteiger partial charge is 0.481 e. The maximum atomic E-state index is 12.8. The Hall–Kier alpha value is -2.61. The minimum Gasteiger partial charge on any atom is -0.481 e. The Balaban J connectivity index is 0.00000192. The number of hydrogen-bond donors (Lipinski definition) is 5. The van der Waals surface area contributed by atoms with Gasteiger partial charge >= 0.3 is 5.97 Å². The molecule has 54 heavy (non-hydrogen) atoms. The molecular formula is C42H68ClNO10. The Morgan fingerprint density at radius 2 is 1.78 bits per heavy atom. The zero-order chi connectivity index (χ0) is 41.3. The number of benzene rings is 1. The van der Waals surface area contributed by atoms with Gasteiger partial charge in [-0.25, -0.2) is 0 Å². The third-order valence-corrected chi connectivity index (χ3v) is 9.82. The normalized spacial score (nSPS) is 27.5. The van der Waals surface area contributed by atoms with Crippen LogP contribution in [0.4, 0.5) is 0 Å². The second-order valence-electron chi connectivity index (χ2n) is 15.7. The Labute approximate surface area is 328 Å². The number of aliphatic hydroxyl groups is 4. The summed E-state index contributed by atoms with van der Waals surface area (Å²) in [7, 11) is 3.25. The van der Waals surface area contributed by atoms with Gasteiger partial charge in [0.1, 0.15) is 12.2 Å². The number of carboxylic acids is 1. The van der Waals surface area contributed by atoms with E-state index in [1.807, 2.05) is 56.3 Å². The lowest BCUT2D eigenvalue weighted by molar-refractivity contribution is -0.151. The SMILES string of the molecule is CC(=O)O.CCCC(C)(C)C1OC1C(N(CCO)Cc1ccc(Cl)cc1)C(C)(O)/C=C/C=C(\C)[C@H]1OC(=O)CC(O)CCC(C)(O)C/C=C/C1C.COC. The molecule has 1 fully saturated rings. The van der Waals surface area contributed by atoms with Crippen molar-refractivity contribution in [3.8, 4) is 0 Å². The number of ether oxygens (including phenoxy) is 3. The molecule has 0 aromatic heterocycles. The topological polar surface area (TPSA) is 170 Å². The molecule has 0 spiro atoms. The number of aliphatic hydroxyl groups excluding tert-OH is 2. The van der Waals surface area contributed by atoms with Crippen LogP contribution in [-0.4, -0.2) is 111 Å². The molecule has 11 nitrogen and oxygen atoms in total. The number of epoxide rings is 1. The van der Waals surface area contributed by atoms with Gasteiger partial charge in [0, 0.05) is 45.2 Å². The molecule has 8 atom stereocenters. The van der Waals surface area contributed by atoms with E-state index < -0.39 is 41.4 Å². The summed E-state index contributed by atoms with van der Waals surface area (Å²) in [6.07, 6.45) is 10.4. The second-order valence-corrected chi connectivity index (χ2v) is 16.2. The summed E-state index contributed by atoms with van der Waals surface area (Å²) in [6, 6.07) is 7.11. The van der Waals surface area contributed by atoms with Crippen molar-refractivity contribution < 1.29 is 49.3 Å². The zero-order valence-electron chi connectivity index (χ0n) is 34.1. The summed E-state index contributed by atoms with van der Waals surface area (Å²) in [5, 5.41) is 51.4. The van der Waals surface area contributed by atoms with Crippen molar-refractivity contribution in [2.75, 3.05) is 27.4 Å². The summed E-state index contributed by atoms with van der Waals surface area (Å²) < 4.78 is 16.5. The minimum absolute atomic E-state index is 0.0459. The molecule has 0 aliphatic carbocycles. The molecule has 2 heterocycles. The summed E-state index contributed by atoms with van der Waals surface area (Å²) in [4.78, 5) is 23.9. The summed E-state index contributed by atoms with van der Waals surface area (Å²) in [5.41, 5.74) is -0.632. The van der Waals surface area contributed by atoms with Crippen molar-refractivity contribution in [3.63, 3.8) is 0 Å². The van der Waals surface area contributed by atoms with Crippen molar-refractivity contribution in [2.24, 2.45) is 11.3 Å². The Morgan fingerprint density at radius 3 is 2.33 bits per heavy atom.